The van der Waals surface area contributed by atoms with Crippen LogP contribution in [0.5, 0.6) is 0 Å². The Morgan fingerprint density at radius 3 is 2.40 bits per heavy atom. The summed E-state index contributed by atoms with van der Waals surface area (Å²) >= 11 is 0. The Morgan fingerprint density at radius 2 is 1.60 bits per heavy atom. The molecule has 2 heteroatoms. The third-order valence-electron chi connectivity index (χ3n) is 5.44. The van der Waals surface area contributed by atoms with E-state index in [1.54, 1.807) is 0 Å². The van der Waals surface area contributed by atoms with Crippen LogP contribution < -0.4 is 0 Å². The lowest BCUT2D eigenvalue weighted by Gasteiger charge is -2.22. The Balaban J connectivity index is 2.08. The SMILES string of the molecule is Cn1c2c3ccccc3[nH]c2c2ccc3cccc(C(C)(C)C)c3c21. The first-order valence-electron chi connectivity index (χ1n) is 8.88. The van der Waals surface area contributed by atoms with Crippen LogP contribution in [0.2, 0.25) is 0 Å². The van der Waals surface area contributed by atoms with Crippen LogP contribution in [0, 0.1) is 0 Å². The maximum absolute atomic E-state index is 3.64. The van der Waals surface area contributed by atoms with Gasteiger partial charge in [-0.25, -0.2) is 0 Å². The summed E-state index contributed by atoms with van der Waals surface area (Å²) in [5.74, 6) is 0. The number of aromatic nitrogens is 2. The van der Waals surface area contributed by atoms with E-state index in [9.17, 15) is 0 Å². The number of nitrogens with one attached hydrogen (secondary N) is 1. The molecule has 1 N–H and O–H groups in total. The first-order valence-corrected chi connectivity index (χ1v) is 8.88. The molecule has 2 heterocycles. The van der Waals surface area contributed by atoms with Crippen molar-refractivity contribution < 1.29 is 0 Å². The lowest BCUT2D eigenvalue weighted by Crippen LogP contribution is -2.12. The molecule has 0 unspecified atom stereocenters. The first kappa shape index (κ1) is 14.6. The van der Waals surface area contributed by atoms with Gasteiger partial charge in [-0.05, 0) is 22.4 Å². The van der Waals surface area contributed by atoms with Gasteiger partial charge in [0.1, 0.15) is 0 Å². The number of rotatable bonds is 0. The van der Waals surface area contributed by atoms with E-state index >= 15 is 0 Å². The molecular formula is C23H22N2. The van der Waals surface area contributed by atoms with E-state index in [2.05, 4.69) is 92.0 Å². The number of nitrogens with zero attached hydrogens (tertiary/aromatic N) is 1. The van der Waals surface area contributed by atoms with E-state index in [1.807, 2.05) is 0 Å². The molecule has 2 nitrogen and oxygen atoms in total. The number of para-hydroxylation sites is 1. The quantitative estimate of drug-likeness (QED) is 0.346. The molecule has 124 valence electrons. The van der Waals surface area contributed by atoms with Gasteiger partial charge in [0, 0.05) is 28.7 Å². The largest absolute Gasteiger partial charge is 0.353 e. The van der Waals surface area contributed by atoms with Crippen LogP contribution >= 0.6 is 0 Å². The predicted octanol–water partition coefficient (Wildman–Crippen LogP) is 6.26. The summed E-state index contributed by atoms with van der Waals surface area (Å²) in [6.45, 7) is 6.89. The molecule has 0 aliphatic heterocycles. The number of aryl methyl sites for hydroxylation is 1. The second-order valence-electron chi connectivity index (χ2n) is 8.07. The highest BCUT2D eigenvalue weighted by Gasteiger charge is 2.21. The minimum atomic E-state index is 0.105. The molecule has 0 amide bonds. The van der Waals surface area contributed by atoms with E-state index in [-0.39, 0.29) is 5.41 Å². The van der Waals surface area contributed by atoms with Crippen LogP contribution in [0.4, 0.5) is 0 Å². The van der Waals surface area contributed by atoms with Crippen molar-refractivity contribution in [2.45, 2.75) is 26.2 Å². The second kappa shape index (κ2) is 4.66. The Kier molecular flexibility index (Phi) is 2.72. The first-order chi connectivity index (χ1) is 12.0. The van der Waals surface area contributed by atoms with Crippen molar-refractivity contribution in [1.29, 1.82) is 0 Å². The Morgan fingerprint density at radius 1 is 0.800 bits per heavy atom. The van der Waals surface area contributed by atoms with Crippen LogP contribution in [-0.2, 0) is 12.5 Å². The summed E-state index contributed by atoms with van der Waals surface area (Å²) in [6, 6.07) is 19.8. The van der Waals surface area contributed by atoms with Gasteiger partial charge >= 0.3 is 0 Å². The van der Waals surface area contributed by atoms with Crippen molar-refractivity contribution in [3.05, 3.63) is 60.2 Å². The van der Waals surface area contributed by atoms with Gasteiger partial charge in [-0.15, -0.1) is 0 Å². The van der Waals surface area contributed by atoms with Crippen LogP contribution in [0.3, 0.4) is 0 Å². The zero-order valence-electron chi connectivity index (χ0n) is 15.1. The van der Waals surface area contributed by atoms with Gasteiger partial charge in [-0.2, -0.15) is 0 Å². The molecule has 0 radical (unpaired) electrons. The fourth-order valence-corrected chi connectivity index (χ4v) is 4.32. The zero-order chi connectivity index (χ0) is 17.3. The summed E-state index contributed by atoms with van der Waals surface area (Å²) in [6.07, 6.45) is 0. The smallest absolute Gasteiger partial charge is 0.0749 e. The highest BCUT2D eigenvalue weighted by atomic mass is 15.0. The minimum absolute atomic E-state index is 0.105. The molecule has 0 spiro atoms. The van der Waals surface area contributed by atoms with E-state index in [0.29, 0.717) is 0 Å². The molecule has 0 aliphatic carbocycles. The summed E-state index contributed by atoms with van der Waals surface area (Å²) in [5.41, 5.74) is 6.58. The molecule has 0 bridgehead atoms. The van der Waals surface area contributed by atoms with E-state index < -0.39 is 0 Å². The van der Waals surface area contributed by atoms with E-state index in [0.717, 1.165) is 0 Å². The zero-order valence-corrected chi connectivity index (χ0v) is 15.1. The lowest BCUT2D eigenvalue weighted by molar-refractivity contribution is 0.596. The fourth-order valence-electron chi connectivity index (χ4n) is 4.32. The maximum Gasteiger partial charge on any atom is 0.0749 e. The molecule has 5 aromatic rings. The van der Waals surface area contributed by atoms with Gasteiger partial charge < -0.3 is 9.55 Å². The van der Waals surface area contributed by atoms with Gasteiger partial charge in [0.25, 0.3) is 0 Å². The van der Waals surface area contributed by atoms with Crippen molar-refractivity contribution >= 4 is 43.6 Å². The topological polar surface area (TPSA) is 20.7 Å². The van der Waals surface area contributed by atoms with Crippen molar-refractivity contribution in [1.82, 2.24) is 9.55 Å². The van der Waals surface area contributed by atoms with Crippen LogP contribution in [-0.4, -0.2) is 9.55 Å². The maximum atomic E-state index is 3.64. The van der Waals surface area contributed by atoms with Crippen molar-refractivity contribution in [3.8, 4) is 0 Å². The van der Waals surface area contributed by atoms with Crippen LogP contribution in [0.15, 0.2) is 54.6 Å². The van der Waals surface area contributed by atoms with Gasteiger partial charge in [0.15, 0.2) is 0 Å². The molecule has 0 atom stereocenters. The third-order valence-corrected chi connectivity index (χ3v) is 5.44. The van der Waals surface area contributed by atoms with E-state index in [1.165, 1.54) is 49.2 Å². The molecule has 2 aromatic heterocycles. The van der Waals surface area contributed by atoms with Crippen molar-refractivity contribution in [2.24, 2.45) is 7.05 Å². The summed E-state index contributed by atoms with van der Waals surface area (Å²) < 4.78 is 2.38. The molecule has 3 aromatic carbocycles. The fraction of sp³-hybridized carbons (Fsp3) is 0.217. The molecule has 25 heavy (non-hydrogen) atoms. The van der Waals surface area contributed by atoms with Gasteiger partial charge in [-0.3, -0.25) is 0 Å². The second-order valence-corrected chi connectivity index (χ2v) is 8.07. The number of fused-ring (bicyclic) bond motifs is 7. The standard InChI is InChI=1S/C23H22N2/c1-23(2,3)17-10-7-8-14-12-13-16-20-22(25(4)21(16)19(14)17)15-9-5-6-11-18(15)24-20/h5-13,24H,1-4H3. The van der Waals surface area contributed by atoms with Crippen LogP contribution in [0.25, 0.3) is 43.6 Å². The number of hydrogen-bond donors (Lipinski definition) is 1. The number of aromatic amines is 1. The highest BCUT2D eigenvalue weighted by Crippen LogP contribution is 2.40. The molecule has 0 fully saturated rings. The summed E-state index contributed by atoms with van der Waals surface area (Å²) in [5, 5.41) is 5.28. The average molecular weight is 326 g/mol. The lowest BCUT2D eigenvalue weighted by atomic mass is 9.83. The molecule has 0 saturated heterocycles. The predicted molar refractivity (Wildman–Crippen MR) is 108 cm³/mol. The van der Waals surface area contributed by atoms with Crippen molar-refractivity contribution in [2.75, 3.05) is 0 Å². The van der Waals surface area contributed by atoms with E-state index in [4.69, 9.17) is 0 Å². The number of H-pyrrole nitrogens is 1. The van der Waals surface area contributed by atoms with Crippen LogP contribution in [0.1, 0.15) is 26.3 Å². The average Bonchev–Trinajstić information content (AvgIpc) is 3.09. The Bertz CT molecular complexity index is 1280. The Labute approximate surface area is 147 Å². The number of hydrogen-bond acceptors (Lipinski definition) is 0. The van der Waals surface area contributed by atoms with Crippen molar-refractivity contribution in [3.63, 3.8) is 0 Å². The normalized spacial score (nSPS) is 12.8. The number of benzene rings is 3. The third kappa shape index (κ3) is 1.85. The summed E-state index contributed by atoms with van der Waals surface area (Å²) in [4.78, 5) is 3.64. The molecular weight excluding hydrogens is 304 g/mol. The molecule has 5 rings (SSSR count). The van der Waals surface area contributed by atoms with Gasteiger partial charge in [-0.1, -0.05) is 69.3 Å². The van der Waals surface area contributed by atoms with Gasteiger partial charge in [0.05, 0.1) is 16.6 Å². The Hall–Kier alpha value is -2.74. The highest BCUT2D eigenvalue weighted by molar-refractivity contribution is 6.23. The summed E-state index contributed by atoms with van der Waals surface area (Å²) in [7, 11) is 2.20. The molecule has 0 saturated carbocycles. The minimum Gasteiger partial charge on any atom is -0.353 e. The van der Waals surface area contributed by atoms with Gasteiger partial charge in [0.2, 0.25) is 0 Å². The monoisotopic (exact) mass is 326 g/mol. The molecule has 0 aliphatic rings.